The fourth-order valence-corrected chi connectivity index (χ4v) is 1.88. The molecule has 1 rings (SSSR count). The summed E-state index contributed by atoms with van der Waals surface area (Å²) < 4.78 is 24.9. The van der Waals surface area contributed by atoms with Crippen LogP contribution in [-0.4, -0.2) is 13.5 Å². The van der Waals surface area contributed by atoms with Crippen LogP contribution in [0, 0.1) is 0 Å². The number of allylic oxidation sites excluding steroid dienone is 1. The van der Waals surface area contributed by atoms with Gasteiger partial charge >= 0.3 is 0 Å². The molecule has 0 atom stereocenters. The summed E-state index contributed by atoms with van der Waals surface area (Å²) in [5.41, 5.74) is 5.84. The van der Waals surface area contributed by atoms with Crippen LogP contribution in [0.4, 0.5) is 11.4 Å². The van der Waals surface area contributed by atoms with Gasteiger partial charge in [0, 0.05) is 5.41 Å². The summed E-state index contributed by atoms with van der Waals surface area (Å²) >= 11 is 0. The Balaban J connectivity index is 2.96. The van der Waals surface area contributed by atoms with E-state index in [-0.39, 0.29) is 11.4 Å². The molecule has 0 aromatic heterocycles. The molecule has 82 valence electrons. The summed E-state index contributed by atoms with van der Waals surface area (Å²) in [7, 11) is -3.48. The van der Waals surface area contributed by atoms with Crippen molar-refractivity contribution >= 4 is 21.4 Å². The highest BCUT2D eigenvalue weighted by molar-refractivity contribution is 7.95. The summed E-state index contributed by atoms with van der Waals surface area (Å²) in [6, 6.07) is 4.09. The van der Waals surface area contributed by atoms with E-state index in [1.54, 1.807) is 6.92 Å². The Labute approximate surface area is 88.3 Å². The first-order valence-corrected chi connectivity index (χ1v) is 5.73. The van der Waals surface area contributed by atoms with Gasteiger partial charge in [-0.3, -0.25) is 4.72 Å². The van der Waals surface area contributed by atoms with Crippen LogP contribution in [0.15, 0.2) is 29.7 Å². The highest BCUT2D eigenvalue weighted by Crippen LogP contribution is 2.23. The lowest BCUT2D eigenvalue weighted by molar-refractivity contribution is 0.478. The molecule has 0 spiro atoms. The number of hydrogen-bond acceptors (Lipinski definition) is 4. The quantitative estimate of drug-likeness (QED) is 0.412. The SMILES string of the molecule is CC=CS(=O)(=O)Nc1ccc(O)c(N)c1. The third-order valence-corrected chi connectivity index (χ3v) is 2.75. The van der Waals surface area contributed by atoms with E-state index in [0.717, 1.165) is 5.41 Å². The number of phenolic OH excluding ortho intramolecular Hbond substituents is 1. The Hall–Kier alpha value is -1.69. The van der Waals surface area contributed by atoms with E-state index < -0.39 is 10.0 Å². The van der Waals surface area contributed by atoms with E-state index in [0.29, 0.717) is 5.69 Å². The molecular formula is C9H12N2O3S. The lowest BCUT2D eigenvalue weighted by Crippen LogP contribution is -2.08. The number of phenols is 1. The van der Waals surface area contributed by atoms with Gasteiger partial charge < -0.3 is 10.8 Å². The largest absolute Gasteiger partial charge is 0.506 e. The number of nitrogens with two attached hydrogens (primary N) is 1. The number of rotatable bonds is 3. The summed E-state index contributed by atoms with van der Waals surface area (Å²) in [5.74, 6) is -0.0796. The van der Waals surface area contributed by atoms with Gasteiger partial charge in [0.25, 0.3) is 10.0 Å². The molecule has 4 N–H and O–H groups in total. The van der Waals surface area contributed by atoms with Crippen molar-refractivity contribution in [1.82, 2.24) is 0 Å². The zero-order chi connectivity index (χ0) is 11.5. The fourth-order valence-electron chi connectivity index (χ4n) is 0.995. The van der Waals surface area contributed by atoms with Crippen molar-refractivity contribution in [3.63, 3.8) is 0 Å². The smallest absolute Gasteiger partial charge is 0.254 e. The molecule has 0 radical (unpaired) electrons. The van der Waals surface area contributed by atoms with Gasteiger partial charge in [-0.05, 0) is 25.1 Å². The second-order valence-electron chi connectivity index (χ2n) is 2.89. The maximum Gasteiger partial charge on any atom is 0.254 e. The molecule has 0 bridgehead atoms. The van der Waals surface area contributed by atoms with Gasteiger partial charge in [-0.1, -0.05) is 6.08 Å². The first-order chi connectivity index (χ1) is 6.94. The average Bonchev–Trinajstić information content (AvgIpc) is 2.10. The number of hydrogen-bond donors (Lipinski definition) is 3. The van der Waals surface area contributed by atoms with Crippen molar-refractivity contribution in [3.05, 3.63) is 29.7 Å². The van der Waals surface area contributed by atoms with E-state index >= 15 is 0 Å². The number of anilines is 2. The molecule has 0 aliphatic heterocycles. The van der Waals surface area contributed by atoms with Gasteiger partial charge in [0.05, 0.1) is 11.4 Å². The van der Waals surface area contributed by atoms with Crippen molar-refractivity contribution in [2.75, 3.05) is 10.5 Å². The van der Waals surface area contributed by atoms with Crippen LogP contribution in [-0.2, 0) is 10.0 Å². The van der Waals surface area contributed by atoms with Crippen LogP contribution in [0.25, 0.3) is 0 Å². The van der Waals surface area contributed by atoms with Gasteiger partial charge in [0.2, 0.25) is 0 Å². The number of sulfonamides is 1. The standard InChI is InChI=1S/C9H12N2O3S/c1-2-5-15(13,14)11-7-3-4-9(12)8(10)6-7/h2-6,11-12H,10H2,1H3. The minimum atomic E-state index is -3.48. The van der Waals surface area contributed by atoms with E-state index in [9.17, 15) is 8.42 Å². The molecule has 0 saturated carbocycles. The molecule has 0 saturated heterocycles. The van der Waals surface area contributed by atoms with Gasteiger partial charge in [-0.25, -0.2) is 8.42 Å². The summed E-state index contributed by atoms with van der Waals surface area (Å²) in [6.07, 6.45) is 1.41. The average molecular weight is 228 g/mol. The Bertz CT molecular complexity index is 480. The van der Waals surface area contributed by atoms with E-state index in [1.807, 2.05) is 0 Å². The van der Waals surface area contributed by atoms with Crippen molar-refractivity contribution in [2.24, 2.45) is 0 Å². The summed E-state index contributed by atoms with van der Waals surface area (Å²) in [5, 5.41) is 10.2. The number of nitrogen functional groups attached to an aromatic ring is 1. The minimum Gasteiger partial charge on any atom is -0.506 e. The maximum absolute atomic E-state index is 11.3. The third kappa shape index (κ3) is 3.17. The van der Waals surface area contributed by atoms with E-state index in [2.05, 4.69) is 4.72 Å². The Morgan fingerprint density at radius 2 is 2.13 bits per heavy atom. The lowest BCUT2D eigenvalue weighted by atomic mass is 10.3. The zero-order valence-electron chi connectivity index (χ0n) is 8.14. The normalized spacial score (nSPS) is 11.8. The molecular weight excluding hydrogens is 216 g/mol. The predicted molar refractivity (Wildman–Crippen MR) is 59.9 cm³/mol. The fraction of sp³-hybridized carbons (Fsp3) is 0.111. The molecule has 0 amide bonds. The first-order valence-electron chi connectivity index (χ1n) is 4.18. The molecule has 1 aromatic carbocycles. The minimum absolute atomic E-state index is 0.0796. The molecule has 0 fully saturated rings. The summed E-state index contributed by atoms with van der Waals surface area (Å²) in [6.45, 7) is 1.60. The molecule has 5 nitrogen and oxygen atoms in total. The monoisotopic (exact) mass is 228 g/mol. The molecule has 0 heterocycles. The molecule has 6 heteroatoms. The first kappa shape index (κ1) is 11.4. The maximum atomic E-state index is 11.3. The lowest BCUT2D eigenvalue weighted by Gasteiger charge is -2.05. The number of nitrogens with one attached hydrogen (secondary N) is 1. The second-order valence-corrected chi connectivity index (χ2v) is 4.46. The van der Waals surface area contributed by atoms with Crippen LogP contribution in [0.2, 0.25) is 0 Å². The number of aromatic hydroxyl groups is 1. The van der Waals surface area contributed by atoms with Crippen molar-refractivity contribution in [3.8, 4) is 5.75 Å². The van der Waals surface area contributed by atoms with Crippen molar-refractivity contribution in [1.29, 1.82) is 0 Å². The third-order valence-electron chi connectivity index (χ3n) is 1.60. The van der Waals surface area contributed by atoms with Gasteiger partial charge in [0.1, 0.15) is 5.75 Å². The van der Waals surface area contributed by atoms with Crippen LogP contribution in [0.3, 0.4) is 0 Å². The Morgan fingerprint density at radius 1 is 1.47 bits per heavy atom. The molecule has 0 aliphatic rings. The Morgan fingerprint density at radius 3 is 2.67 bits per heavy atom. The van der Waals surface area contributed by atoms with Crippen LogP contribution >= 0.6 is 0 Å². The van der Waals surface area contributed by atoms with Crippen LogP contribution in [0.5, 0.6) is 5.75 Å². The predicted octanol–water partition coefficient (Wildman–Crippen LogP) is 1.25. The van der Waals surface area contributed by atoms with E-state index in [4.69, 9.17) is 10.8 Å². The molecule has 15 heavy (non-hydrogen) atoms. The van der Waals surface area contributed by atoms with Crippen molar-refractivity contribution < 1.29 is 13.5 Å². The van der Waals surface area contributed by atoms with Crippen LogP contribution < -0.4 is 10.5 Å². The van der Waals surface area contributed by atoms with E-state index in [1.165, 1.54) is 24.3 Å². The number of benzene rings is 1. The topological polar surface area (TPSA) is 92.4 Å². The molecule has 0 aliphatic carbocycles. The summed E-state index contributed by atoms with van der Waals surface area (Å²) in [4.78, 5) is 0. The Kier molecular flexibility index (Phi) is 3.21. The molecule has 0 unspecified atom stereocenters. The van der Waals surface area contributed by atoms with Crippen LogP contribution in [0.1, 0.15) is 6.92 Å². The van der Waals surface area contributed by atoms with Gasteiger partial charge in [0.15, 0.2) is 0 Å². The zero-order valence-corrected chi connectivity index (χ0v) is 8.95. The van der Waals surface area contributed by atoms with Gasteiger partial charge in [-0.2, -0.15) is 0 Å². The molecule has 1 aromatic rings. The highest BCUT2D eigenvalue weighted by Gasteiger charge is 2.06. The van der Waals surface area contributed by atoms with Gasteiger partial charge in [-0.15, -0.1) is 0 Å². The van der Waals surface area contributed by atoms with Crippen molar-refractivity contribution in [2.45, 2.75) is 6.92 Å². The second kappa shape index (κ2) is 4.22. The highest BCUT2D eigenvalue weighted by atomic mass is 32.2.